The molecule has 0 fully saturated rings. The van der Waals surface area contributed by atoms with E-state index in [1.165, 1.54) is 0 Å². The van der Waals surface area contributed by atoms with Crippen molar-refractivity contribution in [3.8, 4) is 0 Å². The Labute approximate surface area is 52.7 Å². The van der Waals surface area contributed by atoms with Crippen LogP contribution in [0, 0.1) is 0 Å². The molecule has 0 aliphatic rings. The molecule has 0 radical (unpaired) electrons. The molecular formula is C3H6O2S2. The van der Waals surface area contributed by atoms with E-state index in [2.05, 4.69) is 25.3 Å². The van der Waals surface area contributed by atoms with Gasteiger partial charge in [0.15, 0.2) is 0 Å². The molecule has 0 spiro atoms. The number of thiol groups is 2. The van der Waals surface area contributed by atoms with Gasteiger partial charge in [-0.2, -0.15) is 25.3 Å². The highest BCUT2D eigenvalue weighted by atomic mass is 32.1. The average molecular weight is 138 g/mol. The number of carboxylic acid groups (broad SMARTS) is 1. The first-order valence-corrected chi connectivity index (χ1v) is 2.85. The Morgan fingerprint density at radius 2 is 2.29 bits per heavy atom. The van der Waals surface area contributed by atoms with Gasteiger partial charge in [-0.15, -0.1) is 0 Å². The van der Waals surface area contributed by atoms with Gasteiger partial charge in [-0.05, 0) is 0 Å². The highest BCUT2D eigenvalue weighted by molar-refractivity contribution is 7.85. The molecule has 2 nitrogen and oxygen atoms in total. The van der Waals surface area contributed by atoms with E-state index in [1.54, 1.807) is 0 Å². The number of hydrogen-bond acceptors (Lipinski definition) is 3. The first-order valence-electron chi connectivity index (χ1n) is 1.70. The van der Waals surface area contributed by atoms with Crippen molar-refractivity contribution >= 4 is 31.2 Å². The summed E-state index contributed by atoms with van der Waals surface area (Å²) in [6, 6.07) is 0. The zero-order valence-corrected chi connectivity index (χ0v) is 5.32. The molecule has 0 aromatic rings. The van der Waals surface area contributed by atoms with Gasteiger partial charge in [0.05, 0.1) is 0 Å². The topological polar surface area (TPSA) is 37.3 Å². The smallest absolute Gasteiger partial charge is 0.317 e. The highest BCUT2D eigenvalue weighted by Crippen LogP contribution is 1.95. The van der Waals surface area contributed by atoms with Crippen molar-refractivity contribution in [1.29, 1.82) is 0 Å². The molecule has 1 atom stereocenters. The third kappa shape index (κ3) is 2.82. The summed E-state index contributed by atoms with van der Waals surface area (Å²) in [5.74, 6) is -0.642. The second kappa shape index (κ2) is 3.21. The van der Waals surface area contributed by atoms with E-state index in [1.807, 2.05) is 0 Å². The van der Waals surface area contributed by atoms with Gasteiger partial charge in [0.1, 0.15) is 5.25 Å². The zero-order valence-electron chi connectivity index (χ0n) is 3.53. The van der Waals surface area contributed by atoms with Gasteiger partial charge >= 0.3 is 5.97 Å². The summed E-state index contributed by atoms with van der Waals surface area (Å²) < 4.78 is 0. The Hall–Kier alpha value is 0.170. The second-order valence-electron chi connectivity index (χ2n) is 1.04. The van der Waals surface area contributed by atoms with Crippen LogP contribution in [0.1, 0.15) is 0 Å². The average Bonchev–Trinajstić information content (AvgIpc) is 1.65. The van der Waals surface area contributed by atoms with Gasteiger partial charge in [-0.25, -0.2) is 0 Å². The van der Waals surface area contributed by atoms with E-state index >= 15 is 0 Å². The van der Waals surface area contributed by atoms with Crippen LogP contribution in [0.25, 0.3) is 0 Å². The van der Waals surface area contributed by atoms with Crippen LogP contribution in [0.4, 0.5) is 0 Å². The van der Waals surface area contributed by atoms with Crippen LogP contribution < -0.4 is 0 Å². The fourth-order valence-electron chi connectivity index (χ4n) is 0.0781. The maximum absolute atomic E-state index is 9.81. The van der Waals surface area contributed by atoms with Gasteiger partial charge < -0.3 is 5.11 Å². The zero-order chi connectivity index (χ0) is 5.86. The molecule has 0 saturated heterocycles. The Balaban J connectivity index is 3.34. The van der Waals surface area contributed by atoms with E-state index in [0.717, 1.165) is 0 Å². The SMILES string of the molecule is O=C(O)C(S)CS. The molecule has 4 heteroatoms. The molecule has 0 aliphatic carbocycles. The summed E-state index contributed by atoms with van der Waals surface area (Å²) in [5.41, 5.74) is 0. The summed E-state index contributed by atoms with van der Waals surface area (Å²) in [4.78, 5) is 9.81. The Kier molecular flexibility index (Phi) is 3.29. The lowest BCUT2D eigenvalue weighted by Gasteiger charge is -1.95. The molecule has 0 bridgehead atoms. The van der Waals surface area contributed by atoms with Crippen LogP contribution in [0.5, 0.6) is 0 Å². The van der Waals surface area contributed by atoms with Crippen molar-refractivity contribution < 1.29 is 9.90 Å². The number of carbonyl (C=O) groups is 1. The normalized spacial score (nSPS) is 13.4. The molecule has 0 saturated carbocycles. The molecule has 1 N–H and O–H groups in total. The fourth-order valence-corrected chi connectivity index (χ4v) is 0.234. The second-order valence-corrected chi connectivity index (χ2v) is 2.03. The Morgan fingerprint density at radius 1 is 1.86 bits per heavy atom. The van der Waals surface area contributed by atoms with E-state index in [0.29, 0.717) is 0 Å². The van der Waals surface area contributed by atoms with Crippen LogP contribution in [0.3, 0.4) is 0 Å². The van der Waals surface area contributed by atoms with Crippen molar-refractivity contribution in [2.24, 2.45) is 0 Å². The molecule has 7 heavy (non-hydrogen) atoms. The van der Waals surface area contributed by atoms with E-state index in [4.69, 9.17) is 5.11 Å². The van der Waals surface area contributed by atoms with Gasteiger partial charge in [0.25, 0.3) is 0 Å². The lowest BCUT2D eigenvalue weighted by molar-refractivity contribution is -0.135. The lowest BCUT2D eigenvalue weighted by atomic mass is 10.5. The third-order valence-corrected chi connectivity index (χ3v) is 1.51. The van der Waals surface area contributed by atoms with Crippen LogP contribution >= 0.6 is 25.3 Å². The molecular weight excluding hydrogens is 132 g/mol. The molecule has 42 valence electrons. The first-order chi connectivity index (χ1) is 3.18. The van der Waals surface area contributed by atoms with Crippen LogP contribution in [0.2, 0.25) is 0 Å². The van der Waals surface area contributed by atoms with E-state index in [-0.39, 0.29) is 5.75 Å². The monoisotopic (exact) mass is 138 g/mol. The molecule has 0 rings (SSSR count). The maximum Gasteiger partial charge on any atom is 0.317 e. The summed E-state index contributed by atoms with van der Waals surface area (Å²) in [7, 11) is 0. The molecule has 1 unspecified atom stereocenters. The largest absolute Gasteiger partial charge is 0.480 e. The van der Waals surface area contributed by atoms with Crippen LogP contribution in [-0.2, 0) is 4.79 Å². The molecule has 0 aliphatic heterocycles. The van der Waals surface area contributed by atoms with E-state index < -0.39 is 11.2 Å². The highest BCUT2D eigenvalue weighted by Gasteiger charge is 2.06. The molecule has 0 amide bonds. The fraction of sp³-hybridized carbons (Fsp3) is 0.667. The van der Waals surface area contributed by atoms with Gasteiger partial charge in [0, 0.05) is 5.75 Å². The summed E-state index contributed by atoms with van der Waals surface area (Å²) in [6.07, 6.45) is 0. The van der Waals surface area contributed by atoms with Gasteiger partial charge in [-0.3, -0.25) is 4.79 Å². The van der Waals surface area contributed by atoms with Crippen molar-refractivity contribution in [3.63, 3.8) is 0 Å². The summed E-state index contributed by atoms with van der Waals surface area (Å²) in [5, 5.41) is 7.43. The Morgan fingerprint density at radius 3 is 2.29 bits per heavy atom. The number of carboxylic acids is 1. The predicted molar refractivity (Wildman–Crippen MR) is 34.3 cm³/mol. The minimum atomic E-state index is -0.918. The number of aliphatic carboxylic acids is 1. The number of hydrogen-bond donors (Lipinski definition) is 3. The number of rotatable bonds is 2. The Bertz CT molecular complexity index is 73.3. The van der Waals surface area contributed by atoms with Gasteiger partial charge in [0.2, 0.25) is 0 Å². The third-order valence-electron chi connectivity index (χ3n) is 0.458. The van der Waals surface area contributed by atoms with E-state index in [9.17, 15) is 4.79 Å². The summed E-state index contributed by atoms with van der Waals surface area (Å²) in [6.45, 7) is 0. The van der Waals surface area contributed by atoms with Crippen molar-refractivity contribution in [1.82, 2.24) is 0 Å². The predicted octanol–water partition coefficient (Wildman–Crippen LogP) is 0.299. The van der Waals surface area contributed by atoms with Crippen molar-refractivity contribution in [2.75, 3.05) is 5.75 Å². The molecule has 0 heterocycles. The molecule has 0 aromatic carbocycles. The van der Waals surface area contributed by atoms with Crippen molar-refractivity contribution in [3.05, 3.63) is 0 Å². The molecule has 0 aromatic heterocycles. The minimum absolute atomic E-state index is 0.276. The maximum atomic E-state index is 9.81. The minimum Gasteiger partial charge on any atom is -0.480 e. The quantitative estimate of drug-likeness (QED) is 0.480. The van der Waals surface area contributed by atoms with Gasteiger partial charge in [-0.1, -0.05) is 0 Å². The summed E-state index contributed by atoms with van der Waals surface area (Å²) >= 11 is 7.35. The van der Waals surface area contributed by atoms with Crippen molar-refractivity contribution in [2.45, 2.75) is 5.25 Å². The van der Waals surface area contributed by atoms with Crippen LogP contribution in [0.15, 0.2) is 0 Å². The lowest BCUT2D eigenvalue weighted by Crippen LogP contribution is -2.14. The first kappa shape index (κ1) is 7.17. The van der Waals surface area contributed by atoms with Crippen LogP contribution in [-0.4, -0.2) is 22.1 Å². The standard InChI is InChI=1S/C3H6O2S2/c4-3(5)2(7)1-6/h2,6-7H,1H2,(H,4,5).